The van der Waals surface area contributed by atoms with Crippen LogP contribution in [0.2, 0.25) is 0 Å². The van der Waals surface area contributed by atoms with E-state index in [1.54, 1.807) is 0 Å². The van der Waals surface area contributed by atoms with Crippen LogP contribution >= 0.6 is 0 Å². The van der Waals surface area contributed by atoms with Gasteiger partial charge in [-0.2, -0.15) is 0 Å². The lowest BCUT2D eigenvalue weighted by molar-refractivity contribution is -0.0204. The highest BCUT2D eigenvalue weighted by molar-refractivity contribution is 5.34. The maximum Gasteiger partial charge on any atom is 0.0921 e. The Bertz CT molecular complexity index is 464. The molecule has 3 nitrogen and oxygen atoms in total. The van der Waals surface area contributed by atoms with Gasteiger partial charge in [-0.05, 0) is 63.5 Å². The zero-order valence-corrected chi connectivity index (χ0v) is 14.0. The lowest BCUT2D eigenvalue weighted by Gasteiger charge is -2.37. The molecule has 0 aromatic heterocycles. The normalized spacial score (nSPS) is 19.1. The van der Waals surface area contributed by atoms with E-state index in [0.29, 0.717) is 0 Å². The van der Waals surface area contributed by atoms with Crippen LogP contribution in [0.4, 0.5) is 0 Å². The molecule has 0 radical (unpaired) electrons. The summed E-state index contributed by atoms with van der Waals surface area (Å²) in [5.41, 5.74) is 3.12. The third kappa shape index (κ3) is 4.06. The van der Waals surface area contributed by atoms with Crippen molar-refractivity contribution in [1.29, 1.82) is 0 Å². The van der Waals surface area contributed by atoms with Crippen LogP contribution in [0.25, 0.3) is 0 Å². The van der Waals surface area contributed by atoms with Crippen molar-refractivity contribution in [3.63, 3.8) is 0 Å². The van der Waals surface area contributed by atoms with Gasteiger partial charge in [0.1, 0.15) is 0 Å². The van der Waals surface area contributed by atoms with Crippen LogP contribution in [0.3, 0.4) is 0 Å². The summed E-state index contributed by atoms with van der Waals surface area (Å²) in [5.74, 6) is 0. The second kappa shape index (κ2) is 6.91. The van der Waals surface area contributed by atoms with Crippen molar-refractivity contribution in [3.8, 4) is 0 Å². The minimum absolute atomic E-state index is 0.641. The Hall–Kier alpha value is -0.900. The van der Waals surface area contributed by atoms with Gasteiger partial charge in [0.2, 0.25) is 0 Å². The van der Waals surface area contributed by atoms with Gasteiger partial charge < -0.3 is 14.9 Å². The molecule has 0 spiro atoms. The van der Waals surface area contributed by atoms with Gasteiger partial charge in [-0.15, -0.1) is 0 Å². The van der Waals surface area contributed by atoms with Crippen LogP contribution in [0.1, 0.15) is 42.9 Å². The first-order chi connectivity index (χ1) is 9.94. The van der Waals surface area contributed by atoms with E-state index in [0.717, 1.165) is 44.6 Å². The Kier molecular flexibility index (Phi) is 5.42. The van der Waals surface area contributed by atoms with Crippen molar-refractivity contribution >= 4 is 0 Å². The largest absolute Gasteiger partial charge is 0.385 e. The fraction of sp³-hybridized carbons (Fsp3) is 0.667. The highest BCUT2D eigenvalue weighted by Gasteiger charge is 2.33. The SMILES string of the molecule is CCCN(C)Cc1cc(C2(O)CCN(C)CC2)ccc1C. The summed E-state index contributed by atoms with van der Waals surface area (Å²) >= 11 is 0. The van der Waals surface area contributed by atoms with E-state index in [-0.39, 0.29) is 0 Å². The van der Waals surface area contributed by atoms with Crippen LogP contribution in [-0.4, -0.2) is 48.6 Å². The maximum atomic E-state index is 11.0. The van der Waals surface area contributed by atoms with Crippen LogP contribution in [0.5, 0.6) is 0 Å². The maximum absolute atomic E-state index is 11.0. The molecular formula is C18H30N2O. The molecule has 0 bridgehead atoms. The summed E-state index contributed by atoms with van der Waals surface area (Å²) < 4.78 is 0. The second-order valence-corrected chi connectivity index (χ2v) is 6.71. The molecule has 0 amide bonds. The highest BCUT2D eigenvalue weighted by Crippen LogP contribution is 2.33. The van der Waals surface area contributed by atoms with Crippen LogP contribution in [0.15, 0.2) is 18.2 Å². The number of hydrogen-bond donors (Lipinski definition) is 1. The molecule has 1 aromatic carbocycles. The molecule has 0 unspecified atom stereocenters. The molecule has 118 valence electrons. The van der Waals surface area contributed by atoms with E-state index >= 15 is 0 Å². The Morgan fingerprint density at radius 3 is 2.57 bits per heavy atom. The number of aliphatic hydroxyl groups is 1. The summed E-state index contributed by atoms with van der Waals surface area (Å²) in [6.07, 6.45) is 2.83. The molecule has 1 aromatic rings. The van der Waals surface area contributed by atoms with Gasteiger partial charge in [0.05, 0.1) is 5.60 Å². The number of nitrogens with zero attached hydrogens (tertiary/aromatic N) is 2. The lowest BCUT2D eigenvalue weighted by Crippen LogP contribution is -2.40. The van der Waals surface area contributed by atoms with Crippen LogP contribution in [0, 0.1) is 6.92 Å². The average Bonchev–Trinajstić information content (AvgIpc) is 2.45. The quantitative estimate of drug-likeness (QED) is 0.903. The number of rotatable bonds is 5. The monoisotopic (exact) mass is 290 g/mol. The molecule has 1 N–H and O–H groups in total. The summed E-state index contributed by atoms with van der Waals surface area (Å²) in [4.78, 5) is 4.64. The number of likely N-dealkylation sites (tertiary alicyclic amines) is 1. The van der Waals surface area contributed by atoms with Crippen LogP contribution in [-0.2, 0) is 12.1 Å². The Balaban J connectivity index is 2.18. The number of hydrogen-bond acceptors (Lipinski definition) is 3. The zero-order chi connectivity index (χ0) is 15.5. The van der Waals surface area contributed by atoms with E-state index in [1.165, 1.54) is 17.5 Å². The fourth-order valence-electron chi connectivity index (χ4n) is 3.16. The topological polar surface area (TPSA) is 26.7 Å². The van der Waals surface area contributed by atoms with Crippen molar-refractivity contribution < 1.29 is 5.11 Å². The van der Waals surface area contributed by atoms with E-state index in [9.17, 15) is 5.11 Å². The van der Waals surface area contributed by atoms with E-state index in [4.69, 9.17) is 0 Å². The Morgan fingerprint density at radius 1 is 1.29 bits per heavy atom. The molecule has 0 saturated carbocycles. The van der Waals surface area contributed by atoms with Crippen LogP contribution < -0.4 is 0 Å². The van der Waals surface area contributed by atoms with Gasteiger partial charge in [-0.25, -0.2) is 0 Å². The first kappa shape index (κ1) is 16.5. The standard InChI is InChI=1S/C18H30N2O/c1-5-10-20(4)14-16-13-17(7-6-15(16)2)18(21)8-11-19(3)12-9-18/h6-7,13,21H,5,8-12,14H2,1-4H3. The van der Waals surface area contributed by atoms with Gasteiger partial charge in [-0.3, -0.25) is 0 Å². The zero-order valence-electron chi connectivity index (χ0n) is 14.0. The minimum atomic E-state index is -0.641. The van der Waals surface area contributed by atoms with E-state index in [1.807, 2.05) is 0 Å². The summed E-state index contributed by atoms with van der Waals surface area (Å²) in [6.45, 7) is 8.38. The molecule has 1 aliphatic heterocycles. The predicted molar refractivity (Wildman–Crippen MR) is 88.4 cm³/mol. The van der Waals surface area contributed by atoms with E-state index in [2.05, 4.69) is 55.9 Å². The number of benzene rings is 1. The Labute approximate surface area is 129 Å². The van der Waals surface area contributed by atoms with Crippen molar-refractivity contribution in [3.05, 3.63) is 34.9 Å². The molecule has 3 heteroatoms. The predicted octanol–water partition coefficient (Wildman–Crippen LogP) is 2.75. The molecule has 0 aliphatic carbocycles. The molecule has 1 saturated heterocycles. The first-order valence-corrected chi connectivity index (χ1v) is 8.14. The third-order valence-electron chi connectivity index (χ3n) is 4.75. The molecule has 2 rings (SSSR count). The summed E-state index contributed by atoms with van der Waals surface area (Å²) in [5, 5.41) is 11.0. The lowest BCUT2D eigenvalue weighted by atomic mass is 9.83. The Morgan fingerprint density at radius 2 is 1.95 bits per heavy atom. The van der Waals surface area contributed by atoms with Crippen molar-refractivity contribution in [1.82, 2.24) is 9.80 Å². The van der Waals surface area contributed by atoms with Gasteiger partial charge in [-0.1, -0.05) is 25.1 Å². The molecule has 1 heterocycles. The highest BCUT2D eigenvalue weighted by atomic mass is 16.3. The smallest absolute Gasteiger partial charge is 0.0921 e. The van der Waals surface area contributed by atoms with Crippen molar-refractivity contribution in [2.75, 3.05) is 33.7 Å². The van der Waals surface area contributed by atoms with Gasteiger partial charge in [0.15, 0.2) is 0 Å². The number of piperidine rings is 1. The molecule has 21 heavy (non-hydrogen) atoms. The summed E-state index contributed by atoms with van der Waals surface area (Å²) in [6, 6.07) is 6.51. The van der Waals surface area contributed by atoms with Gasteiger partial charge in [0.25, 0.3) is 0 Å². The molecule has 0 atom stereocenters. The van der Waals surface area contributed by atoms with Gasteiger partial charge >= 0.3 is 0 Å². The average molecular weight is 290 g/mol. The molecule has 1 fully saturated rings. The van der Waals surface area contributed by atoms with Crippen molar-refractivity contribution in [2.45, 2.75) is 45.3 Å². The molecular weight excluding hydrogens is 260 g/mol. The second-order valence-electron chi connectivity index (χ2n) is 6.71. The van der Waals surface area contributed by atoms with E-state index < -0.39 is 5.60 Å². The fourth-order valence-corrected chi connectivity index (χ4v) is 3.16. The summed E-state index contributed by atoms with van der Waals surface area (Å²) in [7, 11) is 4.29. The third-order valence-corrected chi connectivity index (χ3v) is 4.75. The van der Waals surface area contributed by atoms with Crippen molar-refractivity contribution in [2.24, 2.45) is 0 Å². The molecule has 1 aliphatic rings. The first-order valence-electron chi connectivity index (χ1n) is 8.14. The number of aryl methyl sites for hydroxylation is 1. The van der Waals surface area contributed by atoms with Gasteiger partial charge in [0, 0.05) is 19.6 Å². The minimum Gasteiger partial charge on any atom is -0.385 e.